The fourth-order valence-corrected chi connectivity index (χ4v) is 3.63. The Morgan fingerprint density at radius 3 is 2.73 bits per heavy atom. The number of aromatic nitrogens is 1. The summed E-state index contributed by atoms with van der Waals surface area (Å²) in [6.45, 7) is 10.5. The van der Waals surface area contributed by atoms with Crippen LogP contribution in [0.2, 0.25) is 0 Å². The molecule has 150 valence electrons. The lowest BCUT2D eigenvalue weighted by Gasteiger charge is -2.35. The van der Waals surface area contributed by atoms with E-state index in [1.807, 2.05) is 7.05 Å². The zero-order valence-corrected chi connectivity index (χ0v) is 19.1. The van der Waals surface area contributed by atoms with Crippen molar-refractivity contribution in [3.63, 3.8) is 0 Å². The summed E-state index contributed by atoms with van der Waals surface area (Å²) >= 11 is 0. The predicted octanol–water partition coefficient (Wildman–Crippen LogP) is 3.74. The van der Waals surface area contributed by atoms with Crippen LogP contribution in [0, 0.1) is 0 Å². The van der Waals surface area contributed by atoms with Crippen LogP contribution in [0.1, 0.15) is 70.2 Å². The fourth-order valence-electron chi connectivity index (χ4n) is 3.63. The Morgan fingerprint density at radius 1 is 1.31 bits per heavy atom. The Kier molecular flexibility index (Phi) is 11.2. The van der Waals surface area contributed by atoms with Crippen molar-refractivity contribution in [3.8, 4) is 0 Å². The first-order valence-corrected chi connectivity index (χ1v) is 9.85. The third-order valence-electron chi connectivity index (χ3n) is 5.30. The lowest BCUT2D eigenvalue weighted by Crippen LogP contribution is -2.48. The molecular weight excluding hydrogens is 441 g/mol. The minimum absolute atomic E-state index is 0. The van der Waals surface area contributed by atoms with Crippen molar-refractivity contribution in [1.29, 1.82) is 0 Å². The number of likely N-dealkylation sites (N-methyl/N-ethyl adjacent to an activating group) is 1. The zero-order valence-electron chi connectivity index (χ0n) is 16.8. The van der Waals surface area contributed by atoms with Crippen LogP contribution in [0.5, 0.6) is 0 Å². The van der Waals surface area contributed by atoms with Crippen molar-refractivity contribution in [2.24, 2.45) is 4.99 Å². The Hall–Kier alpha value is -0.830. The number of likely N-dealkylation sites (tertiary alicyclic amines) is 1. The standard InChI is InChI=1S/C19H35N5O.HI/c1-5-15(6-2)18-12-17(25-23-18)14-22-19(20-4)21-13-16-10-8-9-11-24(16)7-3;/h12,15-16H,5-11,13-14H2,1-4H3,(H2,20,21,22);1H. The number of hydrogen-bond donors (Lipinski definition) is 2. The molecule has 1 aliphatic heterocycles. The second-order valence-corrected chi connectivity index (χ2v) is 6.82. The summed E-state index contributed by atoms with van der Waals surface area (Å²) in [5, 5.41) is 11.0. The lowest BCUT2D eigenvalue weighted by atomic mass is 9.99. The van der Waals surface area contributed by atoms with Crippen molar-refractivity contribution in [3.05, 3.63) is 17.5 Å². The number of nitrogens with zero attached hydrogens (tertiary/aromatic N) is 3. The number of piperidine rings is 1. The maximum atomic E-state index is 5.47. The third-order valence-corrected chi connectivity index (χ3v) is 5.30. The van der Waals surface area contributed by atoms with Gasteiger partial charge in [-0.1, -0.05) is 32.3 Å². The minimum atomic E-state index is 0. The van der Waals surface area contributed by atoms with E-state index < -0.39 is 0 Å². The Labute approximate surface area is 175 Å². The van der Waals surface area contributed by atoms with Crippen LogP contribution in [-0.4, -0.2) is 48.7 Å². The Morgan fingerprint density at radius 2 is 2.08 bits per heavy atom. The first-order valence-electron chi connectivity index (χ1n) is 9.85. The van der Waals surface area contributed by atoms with Gasteiger partial charge in [-0.2, -0.15) is 0 Å². The molecule has 1 unspecified atom stereocenters. The second kappa shape index (κ2) is 12.5. The van der Waals surface area contributed by atoms with E-state index in [9.17, 15) is 0 Å². The van der Waals surface area contributed by atoms with Gasteiger partial charge < -0.3 is 15.2 Å². The number of halogens is 1. The molecule has 1 aromatic rings. The van der Waals surface area contributed by atoms with Gasteiger partial charge >= 0.3 is 0 Å². The molecule has 0 spiro atoms. The molecule has 1 aliphatic rings. The largest absolute Gasteiger partial charge is 0.359 e. The van der Waals surface area contributed by atoms with E-state index in [4.69, 9.17) is 4.52 Å². The predicted molar refractivity (Wildman–Crippen MR) is 118 cm³/mol. The summed E-state index contributed by atoms with van der Waals surface area (Å²) in [7, 11) is 1.81. The highest BCUT2D eigenvalue weighted by Gasteiger charge is 2.21. The molecule has 0 amide bonds. The van der Waals surface area contributed by atoms with E-state index in [0.29, 0.717) is 18.5 Å². The van der Waals surface area contributed by atoms with Crippen LogP contribution < -0.4 is 10.6 Å². The van der Waals surface area contributed by atoms with E-state index in [1.54, 1.807) is 0 Å². The highest BCUT2D eigenvalue weighted by Crippen LogP contribution is 2.22. The van der Waals surface area contributed by atoms with Crippen LogP contribution in [0.4, 0.5) is 0 Å². The lowest BCUT2D eigenvalue weighted by molar-refractivity contribution is 0.157. The number of aliphatic imine (C=N–C) groups is 1. The molecule has 2 N–H and O–H groups in total. The van der Waals surface area contributed by atoms with Gasteiger partial charge in [0.25, 0.3) is 0 Å². The van der Waals surface area contributed by atoms with Gasteiger partial charge in [0.2, 0.25) is 0 Å². The first kappa shape index (κ1) is 23.2. The number of guanidine groups is 1. The van der Waals surface area contributed by atoms with Crippen LogP contribution in [0.3, 0.4) is 0 Å². The van der Waals surface area contributed by atoms with E-state index in [2.05, 4.69) is 52.5 Å². The molecule has 6 nitrogen and oxygen atoms in total. The molecule has 0 radical (unpaired) electrons. The average molecular weight is 477 g/mol. The van der Waals surface area contributed by atoms with Gasteiger partial charge in [0.1, 0.15) is 0 Å². The van der Waals surface area contributed by atoms with Crippen LogP contribution in [-0.2, 0) is 6.54 Å². The monoisotopic (exact) mass is 477 g/mol. The fraction of sp³-hybridized carbons (Fsp3) is 0.789. The molecule has 0 saturated carbocycles. The molecule has 2 rings (SSSR count). The van der Waals surface area contributed by atoms with Crippen LogP contribution >= 0.6 is 24.0 Å². The van der Waals surface area contributed by atoms with Gasteiger partial charge in [0, 0.05) is 31.6 Å². The molecular formula is C19H36IN5O. The normalized spacial score (nSPS) is 18.7. The highest BCUT2D eigenvalue weighted by molar-refractivity contribution is 14.0. The topological polar surface area (TPSA) is 65.7 Å². The summed E-state index contributed by atoms with van der Waals surface area (Å²) in [5.74, 6) is 2.17. The molecule has 1 atom stereocenters. The Bertz CT molecular complexity index is 530. The SMILES string of the molecule is CCC(CC)c1cc(CNC(=NC)NCC2CCCCN2CC)on1.I. The van der Waals surface area contributed by atoms with Crippen molar-refractivity contribution in [1.82, 2.24) is 20.7 Å². The summed E-state index contributed by atoms with van der Waals surface area (Å²) in [6.07, 6.45) is 6.09. The molecule has 7 heteroatoms. The van der Waals surface area contributed by atoms with Crippen molar-refractivity contribution in [2.75, 3.05) is 26.7 Å². The smallest absolute Gasteiger partial charge is 0.191 e. The van der Waals surface area contributed by atoms with E-state index >= 15 is 0 Å². The summed E-state index contributed by atoms with van der Waals surface area (Å²) in [6, 6.07) is 2.67. The quantitative estimate of drug-likeness (QED) is 0.339. The van der Waals surface area contributed by atoms with Gasteiger partial charge in [-0.25, -0.2) is 0 Å². The first-order chi connectivity index (χ1) is 12.2. The molecule has 0 aromatic carbocycles. The Balaban J connectivity index is 0.00000338. The maximum Gasteiger partial charge on any atom is 0.191 e. The van der Waals surface area contributed by atoms with Crippen LogP contribution in [0.25, 0.3) is 0 Å². The van der Waals surface area contributed by atoms with Gasteiger partial charge in [0.15, 0.2) is 11.7 Å². The van der Waals surface area contributed by atoms with E-state index in [-0.39, 0.29) is 24.0 Å². The molecule has 1 saturated heterocycles. The molecule has 2 heterocycles. The summed E-state index contributed by atoms with van der Waals surface area (Å²) in [5.41, 5.74) is 1.06. The van der Waals surface area contributed by atoms with Crippen LogP contribution in [0.15, 0.2) is 15.6 Å². The second-order valence-electron chi connectivity index (χ2n) is 6.82. The van der Waals surface area contributed by atoms with Gasteiger partial charge in [0.05, 0.1) is 12.2 Å². The number of rotatable bonds is 8. The molecule has 1 fully saturated rings. The molecule has 1 aromatic heterocycles. The van der Waals surface area contributed by atoms with E-state index in [0.717, 1.165) is 43.3 Å². The molecule has 26 heavy (non-hydrogen) atoms. The summed E-state index contributed by atoms with van der Waals surface area (Å²) in [4.78, 5) is 6.88. The van der Waals surface area contributed by atoms with Gasteiger partial charge in [-0.15, -0.1) is 24.0 Å². The minimum Gasteiger partial charge on any atom is -0.359 e. The van der Waals surface area contributed by atoms with Crippen molar-refractivity contribution >= 4 is 29.9 Å². The maximum absolute atomic E-state index is 5.47. The summed E-state index contributed by atoms with van der Waals surface area (Å²) < 4.78 is 5.47. The van der Waals surface area contributed by atoms with Gasteiger partial charge in [-0.05, 0) is 38.8 Å². The van der Waals surface area contributed by atoms with Gasteiger partial charge in [-0.3, -0.25) is 9.89 Å². The van der Waals surface area contributed by atoms with Crippen molar-refractivity contribution in [2.45, 2.75) is 71.4 Å². The van der Waals surface area contributed by atoms with Crippen molar-refractivity contribution < 1.29 is 4.52 Å². The highest BCUT2D eigenvalue weighted by atomic mass is 127. The molecule has 0 aliphatic carbocycles. The zero-order chi connectivity index (χ0) is 18.1. The van der Waals surface area contributed by atoms with E-state index in [1.165, 1.54) is 25.8 Å². The third kappa shape index (κ3) is 6.72. The molecule has 0 bridgehead atoms. The number of hydrogen-bond acceptors (Lipinski definition) is 4. The number of nitrogens with one attached hydrogen (secondary N) is 2. The average Bonchev–Trinajstić information content (AvgIpc) is 3.12.